The van der Waals surface area contributed by atoms with Crippen molar-refractivity contribution in [2.75, 3.05) is 18.1 Å². The molecule has 0 saturated carbocycles. The van der Waals surface area contributed by atoms with Crippen LogP contribution >= 0.6 is 0 Å². The molecule has 1 aromatic heterocycles. The molecule has 6 nitrogen and oxygen atoms in total. The minimum atomic E-state index is -2.88. The van der Waals surface area contributed by atoms with Crippen LogP contribution in [0.5, 0.6) is 0 Å². The van der Waals surface area contributed by atoms with Gasteiger partial charge in [0.1, 0.15) is 6.33 Å². The lowest BCUT2D eigenvalue weighted by Gasteiger charge is -2.01. The largest absolute Gasteiger partial charge is 0.309 e. The van der Waals surface area contributed by atoms with Gasteiger partial charge in [0.2, 0.25) is 0 Å². The fourth-order valence-corrected chi connectivity index (χ4v) is 1.78. The fraction of sp³-hybridized carbons (Fsp3) is 0.750. The van der Waals surface area contributed by atoms with E-state index >= 15 is 0 Å². The van der Waals surface area contributed by atoms with E-state index in [9.17, 15) is 8.42 Å². The number of nitrogens with zero attached hydrogens (tertiary/aromatic N) is 3. The maximum Gasteiger partial charge on any atom is 0.164 e. The molecule has 15 heavy (non-hydrogen) atoms. The van der Waals surface area contributed by atoms with Gasteiger partial charge in [-0.3, -0.25) is 4.68 Å². The number of rotatable bonds is 6. The zero-order valence-electron chi connectivity index (χ0n) is 8.97. The van der Waals surface area contributed by atoms with Gasteiger partial charge < -0.3 is 5.32 Å². The van der Waals surface area contributed by atoms with Crippen molar-refractivity contribution in [2.45, 2.75) is 13.5 Å². The third-order valence-corrected chi connectivity index (χ3v) is 3.67. The van der Waals surface area contributed by atoms with Crippen LogP contribution in [0.1, 0.15) is 12.7 Å². The summed E-state index contributed by atoms with van der Waals surface area (Å²) in [6, 6.07) is 0. The van der Waals surface area contributed by atoms with E-state index < -0.39 is 9.84 Å². The molecule has 7 heteroatoms. The van der Waals surface area contributed by atoms with Crippen LogP contribution < -0.4 is 5.32 Å². The molecule has 1 heterocycles. The van der Waals surface area contributed by atoms with E-state index in [4.69, 9.17) is 0 Å². The van der Waals surface area contributed by atoms with Gasteiger partial charge in [0.15, 0.2) is 15.7 Å². The molecule has 0 fully saturated rings. The van der Waals surface area contributed by atoms with Gasteiger partial charge in [0.25, 0.3) is 0 Å². The Labute approximate surface area is 89.6 Å². The zero-order valence-corrected chi connectivity index (χ0v) is 9.79. The molecule has 0 aliphatic carbocycles. The van der Waals surface area contributed by atoms with Gasteiger partial charge in [0.05, 0.1) is 12.3 Å². The summed E-state index contributed by atoms with van der Waals surface area (Å²) in [5, 5.41) is 7.05. The summed E-state index contributed by atoms with van der Waals surface area (Å²) in [7, 11) is -1.09. The average molecular weight is 232 g/mol. The van der Waals surface area contributed by atoms with Gasteiger partial charge in [-0.15, -0.1) is 0 Å². The monoisotopic (exact) mass is 232 g/mol. The van der Waals surface area contributed by atoms with E-state index in [2.05, 4.69) is 15.4 Å². The Kier molecular flexibility index (Phi) is 4.22. The van der Waals surface area contributed by atoms with E-state index in [1.54, 1.807) is 25.0 Å². The number of hydrogen-bond donors (Lipinski definition) is 1. The van der Waals surface area contributed by atoms with Crippen LogP contribution in [-0.2, 0) is 23.4 Å². The van der Waals surface area contributed by atoms with E-state index in [0.717, 1.165) is 0 Å². The smallest absolute Gasteiger partial charge is 0.164 e. The van der Waals surface area contributed by atoms with Crippen LogP contribution in [0, 0.1) is 0 Å². The van der Waals surface area contributed by atoms with Crippen molar-refractivity contribution in [1.29, 1.82) is 0 Å². The molecule has 0 radical (unpaired) electrons. The van der Waals surface area contributed by atoms with Gasteiger partial charge in [-0.1, -0.05) is 6.92 Å². The van der Waals surface area contributed by atoms with Crippen LogP contribution in [0.15, 0.2) is 6.33 Å². The summed E-state index contributed by atoms with van der Waals surface area (Å²) < 4.78 is 23.9. The van der Waals surface area contributed by atoms with Crippen LogP contribution in [0.2, 0.25) is 0 Å². The Morgan fingerprint density at radius 2 is 2.27 bits per heavy atom. The van der Waals surface area contributed by atoms with Gasteiger partial charge in [0, 0.05) is 19.3 Å². The molecule has 0 aliphatic rings. The standard InChI is InChI=1S/C8H16N4O2S/c1-3-15(13,14)5-4-9-6-8-10-7-12(2)11-8/h7,9H,3-6H2,1-2H3. The predicted octanol–water partition coefficient (Wildman–Crippen LogP) is -0.661. The van der Waals surface area contributed by atoms with E-state index in [1.165, 1.54) is 0 Å². The lowest BCUT2D eigenvalue weighted by molar-refractivity contribution is 0.590. The average Bonchev–Trinajstić information content (AvgIpc) is 2.59. The van der Waals surface area contributed by atoms with Crippen molar-refractivity contribution >= 4 is 9.84 Å². The highest BCUT2D eigenvalue weighted by molar-refractivity contribution is 7.91. The molecule has 0 spiro atoms. The Morgan fingerprint density at radius 3 is 2.80 bits per heavy atom. The minimum Gasteiger partial charge on any atom is -0.309 e. The molecule has 1 aromatic rings. The molecule has 0 aliphatic heterocycles. The molecule has 0 atom stereocenters. The number of aromatic nitrogens is 3. The zero-order chi connectivity index (χ0) is 11.3. The van der Waals surface area contributed by atoms with E-state index in [-0.39, 0.29) is 11.5 Å². The second-order valence-electron chi connectivity index (χ2n) is 3.25. The second-order valence-corrected chi connectivity index (χ2v) is 5.72. The van der Waals surface area contributed by atoms with Crippen molar-refractivity contribution < 1.29 is 8.42 Å². The summed E-state index contributed by atoms with van der Waals surface area (Å²) in [6.07, 6.45) is 1.61. The van der Waals surface area contributed by atoms with Crippen molar-refractivity contribution in [3.8, 4) is 0 Å². The summed E-state index contributed by atoms with van der Waals surface area (Å²) in [5.41, 5.74) is 0. The number of sulfone groups is 1. The van der Waals surface area contributed by atoms with Crippen LogP contribution in [0.3, 0.4) is 0 Å². The van der Waals surface area contributed by atoms with Gasteiger partial charge >= 0.3 is 0 Å². The predicted molar refractivity (Wildman–Crippen MR) is 57.0 cm³/mol. The molecule has 1 rings (SSSR count). The van der Waals surface area contributed by atoms with E-state index in [1.807, 2.05) is 0 Å². The van der Waals surface area contributed by atoms with Crippen LogP contribution in [0.25, 0.3) is 0 Å². The molecule has 0 amide bonds. The van der Waals surface area contributed by atoms with Crippen LogP contribution in [0.4, 0.5) is 0 Å². The number of aryl methyl sites for hydroxylation is 1. The normalized spacial score (nSPS) is 11.9. The quantitative estimate of drug-likeness (QED) is 0.659. The summed E-state index contributed by atoms with van der Waals surface area (Å²) >= 11 is 0. The van der Waals surface area contributed by atoms with Crippen molar-refractivity contribution in [3.63, 3.8) is 0 Å². The summed E-state index contributed by atoms with van der Waals surface area (Å²) in [4.78, 5) is 4.01. The first-order chi connectivity index (χ1) is 7.03. The van der Waals surface area contributed by atoms with Crippen molar-refractivity contribution in [1.82, 2.24) is 20.1 Å². The van der Waals surface area contributed by atoms with Gasteiger partial charge in [-0.2, -0.15) is 5.10 Å². The first kappa shape index (κ1) is 12.1. The summed E-state index contributed by atoms with van der Waals surface area (Å²) in [5.74, 6) is 1.03. The first-order valence-electron chi connectivity index (χ1n) is 4.79. The van der Waals surface area contributed by atoms with Gasteiger partial charge in [-0.25, -0.2) is 13.4 Å². The highest BCUT2D eigenvalue weighted by Crippen LogP contribution is 1.89. The molecule has 86 valence electrons. The molecule has 1 N–H and O–H groups in total. The van der Waals surface area contributed by atoms with Crippen molar-refractivity contribution in [3.05, 3.63) is 12.2 Å². The minimum absolute atomic E-state index is 0.163. The molecule has 0 unspecified atom stereocenters. The lowest BCUT2D eigenvalue weighted by atomic mass is 10.6. The van der Waals surface area contributed by atoms with Crippen LogP contribution in [-0.4, -0.2) is 41.2 Å². The highest BCUT2D eigenvalue weighted by Gasteiger charge is 2.06. The Bertz CT molecular complexity index is 399. The third-order valence-electron chi connectivity index (χ3n) is 1.96. The fourth-order valence-electron chi connectivity index (χ4n) is 1.04. The molecule has 0 aromatic carbocycles. The molecule has 0 saturated heterocycles. The molecule has 0 bridgehead atoms. The topological polar surface area (TPSA) is 76.9 Å². The lowest BCUT2D eigenvalue weighted by Crippen LogP contribution is -2.24. The maximum absolute atomic E-state index is 11.1. The molecular formula is C8H16N4O2S. The Balaban J connectivity index is 2.23. The highest BCUT2D eigenvalue weighted by atomic mass is 32.2. The first-order valence-corrected chi connectivity index (χ1v) is 6.61. The number of nitrogens with one attached hydrogen (secondary N) is 1. The second kappa shape index (κ2) is 5.22. The SMILES string of the molecule is CCS(=O)(=O)CCNCc1ncn(C)n1. The van der Waals surface area contributed by atoms with E-state index in [0.29, 0.717) is 18.9 Å². The van der Waals surface area contributed by atoms with Crippen molar-refractivity contribution in [2.24, 2.45) is 7.05 Å². The maximum atomic E-state index is 11.1. The number of hydrogen-bond acceptors (Lipinski definition) is 5. The Morgan fingerprint density at radius 1 is 1.53 bits per heavy atom. The molecular weight excluding hydrogens is 216 g/mol. The Hall–Kier alpha value is -0.950. The summed E-state index contributed by atoms with van der Waals surface area (Å²) in [6.45, 7) is 2.59. The third kappa shape index (κ3) is 4.39. The van der Waals surface area contributed by atoms with Gasteiger partial charge in [-0.05, 0) is 0 Å².